The number of carbonyl (C=O) groups excluding carboxylic acids is 2. The predicted molar refractivity (Wildman–Crippen MR) is 126 cm³/mol. The van der Waals surface area contributed by atoms with Crippen molar-refractivity contribution in [2.75, 3.05) is 0 Å². The van der Waals surface area contributed by atoms with Crippen molar-refractivity contribution in [1.29, 1.82) is 0 Å². The standard InChI is InChI=1S/2C9H7F2O2.2C5H5.Ti/c2*1-2-9(12)13-8-4-3-6(10)5-7(8)11;2*1-2-4-5-3-1;/h2*3-4H,2H2,1H3;2*1-5H;/q4*-1;+4. The van der Waals surface area contributed by atoms with Gasteiger partial charge in [-0.15, -0.1) is 36.4 Å². The van der Waals surface area contributed by atoms with E-state index in [9.17, 15) is 27.2 Å². The number of ether oxygens (including phenoxy) is 2. The summed E-state index contributed by atoms with van der Waals surface area (Å²) in [6, 6.07) is 27.6. The molecule has 9 heteroatoms. The summed E-state index contributed by atoms with van der Waals surface area (Å²) in [6.45, 7) is 3.15. The Morgan fingerprint density at radius 3 is 1.22 bits per heavy atom. The van der Waals surface area contributed by atoms with Gasteiger partial charge in [0.05, 0.1) is 23.1 Å². The Bertz CT molecular complexity index is 1020. The Hall–Kier alpha value is -3.49. The van der Waals surface area contributed by atoms with Gasteiger partial charge in [-0.1, -0.05) is 13.8 Å². The molecule has 4 aromatic rings. The molecule has 37 heavy (non-hydrogen) atoms. The maximum atomic E-state index is 12.8. The minimum atomic E-state index is -0.998. The van der Waals surface area contributed by atoms with Crippen molar-refractivity contribution in [2.24, 2.45) is 0 Å². The Labute approximate surface area is 228 Å². The summed E-state index contributed by atoms with van der Waals surface area (Å²) in [5.74, 6) is -5.38. The van der Waals surface area contributed by atoms with Crippen molar-refractivity contribution in [1.82, 2.24) is 0 Å². The Balaban J connectivity index is 0.000000502. The van der Waals surface area contributed by atoms with Gasteiger partial charge in [0.15, 0.2) is 0 Å². The molecule has 0 atom stereocenters. The molecule has 0 aliphatic heterocycles. The van der Waals surface area contributed by atoms with Crippen molar-refractivity contribution in [3.05, 3.63) is 120 Å². The number of hydrogen-bond acceptors (Lipinski definition) is 4. The minimum absolute atomic E-state index is 0. The molecule has 0 radical (unpaired) electrons. The first-order chi connectivity index (χ1) is 17.3. The molecule has 4 nitrogen and oxygen atoms in total. The molecule has 0 unspecified atom stereocenters. The van der Waals surface area contributed by atoms with Crippen LogP contribution in [-0.4, -0.2) is 11.9 Å². The first-order valence-corrected chi connectivity index (χ1v) is 10.8. The predicted octanol–water partition coefficient (Wildman–Crippen LogP) is 6.97. The number of rotatable bonds is 4. The van der Waals surface area contributed by atoms with Gasteiger partial charge in [0.2, 0.25) is 0 Å². The van der Waals surface area contributed by atoms with E-state index in [4.69, 9.17) is 0 Å². The second-order valence-electron chi connectivity index (χ2n) is 6.55. The van der Waals surface area contributed by atoms with Gasteiger partial charge >= 0.3 is 21.7 Å². The zero-order chi connectivity index (χ0) is 26.8. The molecule has 0 spiro atoms. The van der Waals surface area contributed by atoms with Gasteiger partial charge in [0.25, 0.3) is 11.9 Å². The average Bonchev–Trinajstić information content (AvgIpc) is 3.62. The molecule has 0 N–H and O–H groups in total. The van der Waals surface area contributed by atoms with Crippen molar-refractivity contribution in [3.8, 4) is 11.5 Å². The average molecular weight is 548 g/mol. The van der Waals surface area contributed by atoms with E-state index < -0.39 is 35.2 Å². The van der Waals surface area contributed by atoms with Gasteiger partial charge in [-0.05, 0) is 0 Å². The Morgan fingerprint density at radius 2 is 1.00 bits per heavy atom. The van der Waals surface area contributed by atoms with Crippen LogP contribution in [0.1, 0.15) is 26.7 Å². The van der Waals surface area contributed by atoms with Crippen LogP contribution >= 0.6 is 0 Å². The van der Waals surface area contributed by atoms with Crippen LogP contribution in [0.5, 0.6) is 11.5 Å². The summed E-state index contributed by atoms with van der Waals surface area (Å²) in [5, 5.41) is 0. The molecular weight excluding hydrogens is 524 g/mol. The van der Waals surface area contributed by atoms with Crippen molar-refractivity contribution < 1.29 is 58.3 Å². The Morgan fingerprint density at radius 1 is 0.676 bits per heavy atom. The quantitative estimate of drug-likeness (QED) is 0.0909. The molecule has 0 bridgehead atoms. The smallest absolute Gasteiger partial charge is 0.488 e. The fourth-order valence-electron chi connectivity index (χ4n) is 2.05. The van der Waals surface area contributed by atoms with E-state index in [1.807, 2.05) is 60.7 Å². The Kier molecular flexibility index (Phi) is 17.8. The maximum Gasteiger partial charge on any atom is 4.00 e. The van der Waals surface area contributed by atoms with Crippen molar-refractivity contribution >= 4 is 11.9 Å². The zero-order valence-corrected chi connectivity index (χ0v) is 21.7. The molecule has 0 saturated carbocycles. The van der Waals surface area contributed by atoms with Crippen molar-refractivity contribution in [2.45, 2.75) is 26.7 Å². The fourth-order valence-corrected chi connectivity index (χ4v) is 2.05. The van der Waals surface area contributed by atoms with Crippen LogP contribution in [0.4, 0.5) is 17.6 Å². The molecule has 0 aromatic heterocycles. The molecule has 0 amide bonds. The molecule has 0 aliphatic rings. The minimum Gasteiger partial charge on any atom is -0.488 e. The van der Waals surface area contributed by atoms with Crippen LogP contribution in [0.2, 0.25) is 0 Å². The van der Waals surface area contributed by atoms with Crippen LogP contribution in [0, 0.1) is 35.4 Å². The van der Waals surface area contributed by atoms with Gasteiger partial charge in [-0.2, -0.15) is 36.4 Å². The third-order valence-corrected chi connectivity index (χ3v) is 3.79. The molecule has 4 aromatic carbocycles. The maximum absolute atomic E-state index is 12.8. The van der Waals surface area contributed by atoms with E-state index in [2.05, 4.69) is 9.47 Å². The molecule has 0 fully saturated rings. The second-order valence-corrected chi connectivity index (χ2v) is 6.55. The third-order valence-electron chi connectivity index (χ3n) is 3.79. The van der Waals surface area contributed by atoms with Crippen LogP contribution in [0.25, 0.3) is 0 Å². The van der Waals surface area contributed by atoms with Gasteiger partial charge < -0.3 is 9.47 Å². The van der Waals surface area contributed by atoms with Crippen LogP contribution in [0.3, 0.4) is 0 Å². The van der Waals surface area contributed by atoms with Gasteiger partial charge in [0, 0.05) is 24.5 Å². The first-order valence-electron chi connectivity index (χ1n) is 10.8. The van der Waals surface area contributed by atoms with E-state index in [0.29, 0.717) is 0 Å². The van der Waals surface area contributed by atoms with E-state index in [1.165, 1.54) is 0 Å². The van der Waals surface area contributed by atoms with E-state index in [-0.39, 0.29) is 46.1 Å². The summed E-state index contributed by atoms with van der Waals surface area (Å²) >= 11 is 0. The number of carbonyl (C=O) groups is 2. The fraction of sp³-hybridized carbons (Fsp3) is 0.143. The van der Waals surface area contributed by atoms with Crippen LogP contribution < -0.4 is 9.47 Å². The van der Waals surface area contributed by atoms with Gasteiger partial charge in [-0.3, -0.25) is 9.59 Å². The van der Waals surface area contributed by atoms with E-state index in [1.54, 1.807) is 26.0 Å². The number of benzene rings is 2. The summed E-state index contributed by atoms with van der Waals surface area (Å²) in [7, 11) is 0. The second kappa shape index (κ2) is 19.7. The topological polar surface area (TPSA) is 52.6 Å². The third kappa shape index (κ3) is 15.3. The normalized spacial score (nSPS) is 9.03. The monoisotopic (exact) mass is 548 g/mol. The summed E-state index contributed by atoms with van der Waals surface area (Å²) in [5.41, 5.74) is 0. The molecule has 192 valence electrons. The first kappa shape index (κ1) is 33.5. The molecule has 0 saturated heterocycles. The van der Waals surface area contributed by atoms with Gasteiger partial charge in [-0.25, -0.2) is 41.8 Å². The van der Waals surface area contributed by atoms with Gasteiger partial charge in [0.1, 0.15) is 0 Å². The van der Waals surface area contributed by atoms with E-state index in [0.717, 1.165) is 24.3 Å². The largest absolute Gasteiger partial charge is 4.00 e. The van der Waals surface area contributed by atoms with Crippen LogP contribution in [-0.2, 0) is 31.3 Å². The summed E-state index contributed by atoms with van der Waals surface area (Å²) in [6.07, 6.45) is 0.271. The van der Waals surface area contributed by atoms with Crippen LogP contribution in [0.15, 0.2) is 84.9 Å². The SMILES string of the molecule is CCC(=O)Oc1ccc(F)[c-]c1F.CCC(=O)Oc1ccc(F)[c-]c1F.[Ti+4].c1cc[cH-]c1.c1cc[cH-]c1. The van der Waals surface area contributed by atoms with E-state index >= 15 is 0 Å². The number of halogens is 4. The van der Waals surface area contributed by atoms with Crippen molar-refractivity contribution in [3.63, 3.8) is 0 Å². The molecule has 0 heterocycles. The number of hydrogen-bond donors (Lipinski definition) is 0. The molecular formula is C28H24F4O4Ti. The summed E-state index contributed by atoms with van der Waals surface area (Å²) < 4.78 is 59.3. The summed E-state index contributed by atoms with van der Waals surface area (Å²) in [4.78, 5) is 21.4. The zero-order valence-electron chi connectivity index (χ0n) is 20.1. The number of esters is 2. The molecule has 0 aliphatic carbocycles. The molecule has 4 rings (SSSR count).